The normalized spacial score (nSPS) is 12.1. The molecule has 34 heavy (non-hydrogen) atoms. The topological polar surface area (TPSA) is 118 Å². The molecule has 0 amide bonds. The molecule has 0 spiro atoms. The molecule has 3 heterocycles. The van der Waals surface area contributed by atoms with Gasteiger partial charge in [-0.1, -0.05) is 20.3 Å². The second kappa shape index (κ2) is 10.5. The van der Waals surface area contributed by atoms with Gasteiger partial charge in [-0.05, 0) is 36.4 Å². The molecule has 4 rings (SSSR count). The van der Waals surface area contributed by atoms with Crippen molar-refractivity contribution in [3.05, 3.63) is 42.9 Å². The van der Waals surface area contributed by atoms with Crippen molar-refractivity contribution >= 4 is 27.5 Å². The molecule has 0 fully saturated rings. The van der Waals surface area contributed by atoms with E-state index in [0.29, 0.717) is 42.0 Å². The van der Waals surface area contributed by atoms with Crippen molar-refractivity contribution in [3.63, 3.8) is 0 Å². The van der Waals surface area contributed by atoms with Crippen LogP contribution in [0.2, 0.25) is 0 Å². The molecule has 0 saturated carbocycles. The van der Waals surface area contributed by atoms with Crippen LogP contribution in [-0.4, -0.2) is 41.3 Å². The van der Waals surface area contributed by atoms with E-state index >= 15 is 0 Å². The summed E-state index contributed by atoms with van der Waals surface area (Å²) in [5.74, 6) is 2.36. The molecule has 178 valence electrons. The number of nitrogens with zero attached hydrogens (tertiary/aromatic N) is 3. The Bertz CT molecular complexity index is 1290. The van der Waals surface area contributed by atoms with Crippen LogP contribution < -0.4 is 25.7 Å². The van der Waals surface area contributed by atoms with E-state index in [1.807, 2.05) is 31.2 Å². The van der Waals surface area contributed by atoms with E-state index in [4.69, 9.17) is 25.7 Å². The molecular formula is C26H31N5O3. The number of hydrogen-bond donors (Lipinski definition) is 2. The Hall–Kier alpha value is -3.65. The summed E-state index contributed by atoms with van der Waals surface area (Å²) in [4.78, 5) is 13.5. The maximum Gasteiger partial charge on any atom is 0.163 e. The van der Waals surface area contributed by atoms with E-state index < -0.39 is 0 Å². The lowest BCUT2D eigenvalue weighted by molar-refractivity contribution is 0.284. The zero-order valence-corrected chi connectivity index (χ0v) is 19.9. The van der Waals surface area contributed by atoms with E-state index in [9.17, 15) is 0 Å². The summed E-state index contributed by atoms with van der Waals surface area (Å²) in [5.41, 5.74) is 14.6. The van der Waals surface area contributed by atoms with Crippen LogP contribution in [0, 0.1) is 0 Å². The Kier molecular flexibility index (Phi) is 7.27. The summed E-state index contributed by atoms with van der Waals surface area (Å²) >= 11 is 0. The molecule has 1 aromatic carbocycles. The van der Waals surface area contributed by atoms with E-state index in [0.717, 1.165) is 46.5 Å². The van der Waals surface area contributed by atoms with Gasteiger partial charge in [0.2, 0.25) is 0 Å². The predicted octanol–water partition coefficient (Wildman–Crippen LogP) is 4.73. The van der Waals surface area contributed by atoms with Gasteiger partial charge in [0.1, 0.15) is 18.2 Å². The maximum absolute atomic E-state index is 6.35. The smallest absolute Gasteiger partial charge is 0.163 e. The number of aromatic nitrogens is 3. The molecule has 4 N–H and O–H groups in total. The lowest BCUT2D eigenvalue weighted by atomic mass is 10.0. The minimum atomic E-state index is -0.0252. The molecule has 8 nitrogen and oxygen atoms in total. The van der Waals surface area contributed by atoms with Gasteiger partial charge in [-0.3, -0.25) is 9.97 Å². The average Bonchev–Trinajstić information content (AvgIpc) is 2.86. The van der Waals surface area contributed by atoms with Gasteiger partial charge in [0, 0.05) is 40.8 Å². The summed E-state index contributed by atoms with van der Waals surface area (Å²) in [6.07, 6.45) is 8.02. The molecule has 3 aromatic heterocycles. The third kappa shape index (κ3) is 4.97. The highest BCUT2D eigenvalue weighted by atomic mass is 16.5. The predicted molar refractivity (Wildman–Crippen MR) is 135 cm³/mol. The van der Waals surface area contributed by atoms with E-state index in [2.05, 4.69) is 21.9 Å². The molecule has 1 atom stereocenters. The minimum absolute atomic E-state index is 0.0252. The van der Waals surface area contributed by atoms with Crippen molar-refractivity contribution in [2.24, 2.45) is 5.73 Å². The summed E-state index contributed by atoms with van der Waals surface area (Å²) in [7, 11) is 1.63. The molecule has 0 radical (unpaired) electrons. The Morgan fingerprint density at radius 3 is 2.56 bits per heavy atom. The van der Waals surface area contributed by atoms with Crippen LogP contribution in [0.25, 0.3) is 32.9 Å². The Labute approximate surface area is 199 Å². The lowest BCUT2D eigenvalue weighted by Crippen LogP contribution is -2.26. The Morgan fingerprint density at radius 2 is 1.79 bits per heavy atom. The van der Waals surface area contributed by atoms with Crippen LogP contribution >= 0.6 is 0 Å². The highest BCUT2D eigenvalue weighted by Crippen LogP contribution is 2.37. The first-order chi connectivity index (χ1) is 16.5. The van der Waals surface area contributed by atoms with Crippen LogP contribution in [0.15, 0.2) is 42.9 Å². The third-order valence-corrected chi connectivity index (χ3v) is 5.75. The van der Waals surface area contributed by atoms with Crippen LogP contribution in [0.4, 0.5) is 5.82 Å². The number of fused-ring (bicyclic) bond motifs is 3. The van der Waals surface area contributed by atoms with Crippen LogP contribution in [0.3, 0.4) is 0 Å². The number of methoxy groups -OCH3 is 1. The number of ether oxygens (including phenoxy) is 3. The van der Waals surface area contributed by atoms with Gasteiger partial charge >= 0.3 is 0 Å². The molecule has 4 aromatic rings. The summed E-state index contributed by atoms with van der Waals surface area (Å²) < 4.78 is 17.4. The monoisotopic (exact) mass is 461 g/mol. The van der Waals surface area contributed by atoms with Crippen molar-refractivity contribution in [3.8, 4) is 28.5 Å². The molecule has 0 unspecified atom stereocenters. The minimum Gasteiger partial charge on any atom is -0.493 e. The second-order valence-electron chi connectivity index (χ2n) is 8.22. The first-order valence-corrected chi connectivity index (χ1v) is 11.6. The van der Waals surface area contributed by atoms with Crippen molar-refractivity contribution in [1.82, 2.24) is 15.0 Å². The zero-order chi connectivity index (χ0) is 24.1. The fourth-order valence-corrected chi connectivity index (χ4v) is 3.64. The SMILES string of the molecule is CCCCOc1cc2ncc3c(N)nc(-c4cncc(OC[C@H](N)CC)c4)cc3c2cc1OC. The van der Waals surface area contributed by atoms with Crippen molar-refractivity contribution in [1.29, 1.82) is 0 Å². The molecule has 0 aliphatic heterocycles. The number of nitrogens with two attached hydrogens (primary N) is 2. The average molecular weight is 462 g/mol. The second-order valence-corrected chi connectivity index (χ2v) is 8.22. The molecule has 8 heteroatoms. The third-order valence-electron chi connectivity index (χ3n) is 5.75. The summed E-state index contributed by atoms with van der Waals surface area (Å²) in [6.45, 7) is 5.20. The van der Waals surface area contributed by atoms with Crippen LogP contribution in [0.1, 0.15) is 33.1 Å². The van der Waals surface area contributed by atoms with Gasteiger partial charge < -0.3 is 25.7 Å². The number of unbranched alkanes of at least 4 members (excludes halogenated alkanes) is 1. The summed E-state index contributed by atoms with van der Waals surface area (Å²) in [5, 5.41) is 2.60. The largest absolute Gasteiger partial charge is 0.493 e. The summed E-state index contributed by atoms with van der Waals surface area (Å²) in [6, 6.07) is 7.71. The maximum atomic E-state index is 6.35. The molecule has 0 aliphatic carbocycles. The van der Waals surface area contributed by atoms with Crippen LogP contribution in [-0.2, 0) is 0 Å². The number of pyridine rings is 3. The van der Waals surface area contributed by atoms with Gasteiger partial charge in [-0.2, -0.15) is 0 Å². The number of anilines is 1. The van der Waals surface area contributed by atoms with E-state index in [1.165, 1.54) is 0 Å². The Balaban J connectivity index is 1.77. The Morgan fingerprint density at radius 1 is 0.941 bits per heavy atom. The number of rotatable bonds is 10. The van der Waals surface area contributed by atoms with Crippen molar-refractivity contribution in [2.75, 3.05) is 26.1 Å². The van der Waals surface area contributed by atoms with Gasteiger partial charge in [0.15, 0.2) is 11.5 Å². The van der Waals surface area contributed by atoms with E-state index in [1.54, 1.807) is 25.7 Å². The molecule has 0 aliphatic rings. The highest BCUT2D eigenvalue weighted by molar-refractivity contribution is 6.10. The zero-order valence-electron chi connectivity index (χ0n) is 19.9. The van der Waals surface area contributed by atoms with Crippen molar-refractivity contribution < 1.29 is 14.2 Å². The first kappa shape index (κ1) is 23.5. The molecular weight excluding hydrogens is 430 g/mol. The molecule has 0 bridgehead atoms. The van der Waals surface area contributed by atoms with Gasteiger partial charge in [-0.25, -0.2) is 4.98 Å². The van der Waals surface area contributed by atoms with E-state index in [-0.39, 0.29) is 6.04 Å². The van der Waals surface area contributed by atoms with Gasteiger partial charge in [-0.15, -0.1) is 0 Å². The van der Waals surface area contributed by atoms with Crippen LogP contribution in [0.5, 0.6) is 17.2 Å². The standard InChI is InChI=1S/C26H31N5O3/c1-4-6-7-33-25-11-23-20(10-24(25)32-3)19-9-22(31-26(28)21(19)14-30-23)16-8-18(13-29-12-16)34-15-17(27)5-2/h8-14,17H,4-7,15,27H2,1-3H3,(H2,28,31)/t17-/m1/s1. The fourth-order valence-electron chi connectivity index (χ4n) is 3.64. The van der Waals surface area contributed by atoms with Crippen molar-refractivity contribution in [2.45, 2.75) is 39.2 Å². The first-order valence-electron chi connectivity index (χ1n) is 11.6. The fraction of sp³-hybridized carbons (Fsp3) is 0.346. The quantitative estimate of drug-likeness (QED) is 0.257. The highest BCUT2D eigenvalue weighted by Gasteiger charge is 2.14. The molecule has 0 saturated heterocycles. The number of nitrogen functional groups attached to an aromatic ring is 1. The van der Waals surface area contributed by atoms with Gasteiger partial charge in [0.05, 0.1) is 31.1 Å². The number of benzene rings is 1. The number of hydrogen-bond acceptors (Lipinski definition) is 8. The lowest BCUT2D eigenvalue weighted by Gasteiger charge is -2.14. The van der Waals surface area contributed by atoms with Gasteiger partial charge in [0.25, 0.3) is 0 Å².